The standard InChI is InChI=1S/C19H33N5O2/c1-6-22(7-2)18(26)16-14-24(21-20-16)13-15-9-8-10-23(12-15)17(25)11-19(3,4)5/h14-15H,6-13H2,1-5H3/t15-/m0/s1. The van der Waals surface area contributed by atoms with Gasteiger partial charge in [-0.15, -0.1) is 5.10 Å². The first kappa shape index (κ1) is 20.4. The van der Waals surface area contributed by atoms with Gasteiger partial charge in [-0.3, -0.25) is 14.3 Å². The van der Waals surface area contributed by atoms with Crippen molar-refractivity contribution in [2.24, 2.45) is 11.3 Å². The molecule has 1 atom stereocenters. The van der Waals surface area contributed by atoms with Gasteiger partial charge >= 0.3 is 0 Å². The number of nitrogens with zero attached hydrogens (tertiary/aromatic N) is 5. The summed E-state index contributed by atoms with van der Waals surface area (Å²) in [7, 11) is 0. The molecule has 146 valence electrons. The molecule has 2 heterocycles. The molecule has 0 bridgehead atoms. The number of hydrogen-bond acceptors (Lipinski definition) is 4. The molecular weight excluding hydrogens is 330 g/mol. The average molecular weight is 364 g/mol. The Balaban J connectivity index is 1.94. The zero-order chi connectivity index (χ0) is 19.3. The van der Waals surface area contributed by atoms with Crippen LogP contribution in [0.1, 0.15) is 64.4 Å². The third-order valence-electron chi connectivity index (χ3n) is 4.81. The second-order valence-electron chi connectivity index (χ2n) is 8.39. The Kier molecular flexibility index (Phi) is 6.78. The summed E-state index contributed by atoms with van der Waals surface area (Å²) in [6.45, 7) is 13.8. The number of hydrogen-bond donors (Lipinski definition) is 0. The minimum Gasteiger partial charge on any atom is -0.342 e. The molecule has 0 unspecified atom stereocenters. The van der Waals surface area contributed by atoms with Gasteiger partial charge in [0.25, 0.3) is 5.91 Å². The fourth-order valence-corrected chi connectivity index (χ4v) is 3.43. The van der Waals surface area contributed by atoms with E-state index >= 15 is 0 Å². The van der Waals surface area contributed by atoms with Crippen LogP contribution < -0.4 is 0 Å². The Morgan fingerprint density at radius 2 is 1.96 bits per heavy atom. The van der Waals surface area contributed by atoms with E-state index in [-0.39, 0.29) is 17.2 Å². The van der Waals surface area contributed by atoms with Gasteiger partial charge in [0.05, 0.1) is 6.20 Å². The van der Waals surface area contributed by atoms with Crippen molar-refractivity contribution in [1.82, 2.24) is 24.8 Å². The van der Waals surface area contributed by atoms with Crippen LogP contribution in [0.2, 0.25) is 0 Å². The van der Waals surface area contributed by atoms with E-state index in [9.17, 15) is 9.59 Å². The highest BCUT2D eigenvalue weighted by atomic mass is 16.2. The Bertz CT molecular complexity index is 616. The summed E-state index contributed by atoms with van der Waals surface area (Å²) in [5.74, 6) is 0.510. The smallest absolute Gasteiger partial charge is 0.276 e. The summed E-state index contributed by atoms with van der Waals surface area (Å²) in [6, 6.07) is 0. The van der Waals surface area contributed by atoms with Crippen LogP contribution in [-0.4, -0.2) is 62.8 Å². The van der Waals surface area contributed by atoms with Crippen LogP contribution in [0.5, 0.6) is 0 Å². The van der Waals surface area contributed by atoms with Gasteiger partial charge < -0.3 is 9.80 Å². The van der Waals surface area contributed by atoms with E-state index in [1.54, 1.807) is 15.8 Å². The molecule has 0 aromatic carbocycles. The monoisotopic (exact) mass is 363 g/mol. The Hall–Kier alpha value is -1.92. The summed E-state index contributed by atoms with van der Waals surface area (Å²) in [4.78, 5) is 28.6. The first-order chi connectivity index (χ1) is 12.2. The lowest BCUT2D eigenvalue weighted by molar-refractivity contribution is -0.135. The summed E-state index contributed by atoms with van der Waals surface area (Å²) in [5, 5.41) is 8.17. The molecule has 1 aromatic rings. The third-order valence-corrected chi connectivity index (χ3v) is 4.81. The lowest BCUT2D eigenvalue weighted by atomic mass is 9.90. The summed E-state index contributed by atoms with van der Waals surface area (Å²) in [5.41, 5.74) is 0.403. The molecule has 7 heteroatoms. The predicted molar refractivity (Wildman–Crippen MR) is 101 cm³/mol. The molecule has 0 N–H and O–H groups in total. The van der Waals surface area contributed by atoms with Gasteiger partial charge in [-0.2, -0.15) is 0 Å². The third kappa shape index (κ3) is 5.54. The minimum atomic E-state index is -0.0770. The van der Waals surface area contributed by atoms with Crippen molar-refractivity contribution in [1.29, 1.82) is 0 Å². The van der Waals surface area contributed by atoms with Crippen molar-refractivity contribution in [2.75, 3.05) is 26.2 Å². The lowest BCUT2D eigenvalue weighted by Crippen LogP contribution is -2.42. The highest BCUT2D eigenvalue weighted by Gasteiger charge is 2.27. The molecule has 7 nitrogen and oxygen atoms in total. The zero-order valence-electron chi connectivity index (χ0n) is 16.9. The van der Waals surface area contributed by atoms with Crippen molar-refractivity contribution in [2.45, 2.75) is 60.4 Å². The van der Waals surface area contributed by atoms with E-state index in [1.807, 2.05) is 18.7 Å². The molecule has 26 heavy (non-hydrogen) atoms. The topological polar surface area (TPSA) is 71.3 Å². The van der Waals surface area contributed by atoms with E-state index in [1.165, 1.54) is 0 Å². The Labute approximate surface area is 156 Å². The van der Waals surface area contributed by atoms with Crippen LogP contribution in [0.25, 0.3) is 0 Å². The number of carbonyl (C=O) groups is 2. The van der Waals surface area contributed by atoms with E-state index in [2.05, 4.69) is 31.1 Å². The second kappa shape index (κ2) is 8.64. The van der Waals surface area contributed by atoms with Crippen LogP contribution in [0.15, 0.2) is 6.20 Å². The number of likely N-dealkylation sites (tertiary alicyclic amines) is 1. The zero-order valence-corrected chi connectivity index (χ0v) is 16.9. The van der Waals surface area contributed by atoms with Crippen LogP contribution in [-0.2, 0) is 11.3 Å². The maximum absolute atomic E-state index is 12.5. The molecule has 1 fully saturated rings. The van der Waals surface area contributed by atoms with Crippen molar-refractivity contribution in [3.05, 3.63) is 11.9 Å². The molecule has 1 aliphatic heterocycles. The van der Waals surface area contributed by atoms with E-state index in [4.69, 9.17) is 0 Å². The van der Waals surface area contributed by atoms with Crippen LogP contribution >= 0.6 is 0 Å². The SMILES string of the molecule is CCN(CC)C(=O)c1cn(C[C@H]2CCCN(C(=O)CC(C)(C)C)C2)nn1. The molecule has 0 radical (unpaired) electrons. The number of aromatic nitrogens is 3. The molecular formula is C19H33N5O2. The number of amides is 2. The molecule has 1 aliphatic rings. The highest BCUT2D eigenvalue weighted by molar-refractivity contribution is 5.91. The molecule has 2 rings (SSSR count). The average Bonchev–Trinajstić information content (AvgIpc) is 3.03. The maximum atomic E-state index is 12.5. The molecule has 0 saturated carbocycles. The fourth-order valence-electron chi connectivity index (χ4n) is 3.43. The molecule has 1 aromatic heterocycles. The van der Waals surface area contributed by atoms with Crippen molar-refractivity contribution < 1.29 is 9.59 Å². The van der Waals surface area contributed by atoms with Gasteiger partial charge in [0.1, 0.15) is 0 Å². The van der Waals surface area contributed by atoms with Gasteiger partial charge in [-0.1, -0.05) is 26.0 Å². The molecule has 1 saturated heterocycles. The van der Waals surface area contributed by atoms with E-state index in [0.29, 0.717) is 37.7 Å². The van der Waals surface area contributed by atoms with Crippen molar-refractivity contribution in [3.8, 4) is 0 Å². The molecule has 0 spiro atoms. The van der Waals surface area contributed by atoms with Crippen LogP contribution in [0.3, 0.4) is 0 Å². The largest absolute Gasteiger partial charge is 0.342 e. The maximum Gasteiger partial charge on any atom is 0.276 e. The second-order valence-corrected chi connectivity index (χ2v) is 8.39. The van der Waals surface area contributed by atoms with Crippen molar-refractivity contribution >= 4 is 11.8 Å². The Morgan fingerprint density at radius 1 is 1.27 bits per heavy atom. The van der Waals surface area contributed by atoms with Crippen molar-refractivity contribution in [3.63, 3.8) is 0 Å². The minimum absolute atomic E-state index is 0.00955. The highest BCUT2D eigenvalue weighted by Crippen LogP contribution is 2.24. The van der Waals surface area contributed by atoms with Crippen LogP contribution in [0.4, 0.5) is 0 Å². The number of rotatable bonds is 6. The summed E-state index contributed by atoms with van der Waals surface area (Å²) >= 11 is 0. The van der Waals surface area contributed by atoms with Gasteiger partial charge in [-0.25, -0.2) is 0 Å². The van der Waals surface area contributed by atoms with Gasteiger partial charge in [-0.05, 0) is 38.0 Å². The Morgan fingerprint density at radius 3 is 2.58 bits per heavy atom. The van der Waals surface area contributed by atoms with Gasteiger partial charge in [0, 0.05) is 39.1 Å². The van der Waals surface area contributed by atoms with Gasteiger partial charge in [0.2, 0.25) is 5.91 Å². The molecule has 0 aliphatic carbocycles. The first-order valence-electron chi connectivity index (χ1n) is 9.70. The predicted octanol–water partition coefficient (Wildman–Crippen LogP) is 2.43. The van der Waals surface area contributed by atoms with E-state index in [0.717, 1.165) is 25.9 Å². The van der Waals surface area contributed by atoms with Gasteiger partial charge in [0.15, 0.2) is 5.69 Å². The number of piperidine rings is 1. The molecule has 2 amide bonds. The van der Waals surface area contributed by atoms with E-state index < -0.39 is 0 Å². The fraction of sp³-hybridized carbons (Fsp3) is 0.789. The summed E-state index contributed by atoms with van der Waals surface area (Å²) < 4.78 is 1.75. The lowest BCUT2D eigenvalue weighted by Gasteiger charge is -2.34. The number of carbonyl (C=O) groups excluding carboxylic acids is 2. The normalized spacial score (nSPS) is 18.0. The quantitative estimate of drug-likeness (QED) is 0.778. The first-order valence-corrected chi connectivity index (χ1v) is 9.70. The summed E-state index contributed by atoms with van der Waals surface area (Å²) in [6.07, 6.45) is 4.39. The van der Waals surface area contributed by atoms with Crippen LogP contribution in [0, 0.1) is 11.3 Å².